The molecule has 48 heavy (non-hydrogen) atoms. The number of amides is 1. The summed E-state index contributed by atoms with van der Waals surface area (Å²) in [6.07, 6.45) is 2.65. The Bertz CT molecular complexity index is 1580. The standard InChI is InChI=1S/C36H43BrN2O9/c1-42-26-20-28(43-2)32-29(21-26)48-34(23-18-30(44-3)35(46-5)31(19-23)45-4)27(33(32)40)8-6-7-17-47-39-15-13-25(14-16-39)38-36(41)22-9-11-24(37)12-10-22/h9-12,18-21,25,33,40H,6-8,13-17H2,1-5H3,(H,38,41). The van der Waals surface area contributed by atoms with E-state index in [4.69, 9.17) is 33.3 Å². The molecule has 3 aromatic rings. The Labute approximate surface area is 289 Å². The lowest BCUT2D eigenvalue weighted by Gasteiger charge is -2.31. The molecule has 2 aliphatic heterocycles. The molecule has 0 aliphatic carbocycles. The van der Waals surface area contributed by atoms with Crippen LogP contribution in [0.4, 0.5) is 0 Å². The highest BCUT2D eigenvalue weighted by Gasteiger charge is 2.33. The zero-order valence-corrected chi connectivity index (χ0v) is 29.6. The topological polar surface area (TPSA) is 117 Å². The van der Waals surface area contributed by atoms with Crippen molar-refractivity contribution in [1.82, 2.24) is 10.4 Å². The summed E-state index contributed by atoms with van der Waals surface area (Å²) < 4.78 is 35.3. The molecule has 0 bridgehead atoms. The molecule has 0 radical (unpaired) electrons. The second kappa shape index (κ2) is 16.4. The molecule has 2 N–H and O–H groups in total. The van der Waals surface area contributed by atoms with Gasteiger partial charge in [-0.15, -0.1) is 0 Å². The molecular weight excluding hydrogens is 684 g/mol. The van der Waals surface area contributed by atoms with Crippen molar-refractivity contribution in [2.24, 2.45) is 0 Å². The van der Waals surface area contributed by atoms with Gasteiger partial charge < -0.3 is 38.8 Å². The Morgan fingerprint density at radius 1 is 0.896 bits per heavy atom. The molecule has 2 aliphatic rings. The molecular formula is C36H43BrN2O9. The maximum Gasteiger partial charge on any atom is 0.251 e. The summed E-state index contributed by atoms with van der Waals surface area (Å²) >= 11 is 3.40. The molecule has 0 saturated carbocycles. The van der Waals surface area contributed by atoms with E-state index >= 15 is 0 Å². The number of aliphatic hydroxyl groups excluding tert-OH is 1. The number of unbranched alkanes of at least 4 members (excludes halogenated alkanes) is 1. The minimum Gasteiger partial charge on any atom is -0.496 e. The van der Waals surface area contributed by atoms with Crippen molar-refractivity contribution >= 4 is 27.6 Å². The van der Waals surface area contributed by atoms with E-state index in [1.807, 2.05) is 29.3 Å². The molecule has 12 heteroatoms. The molecule has 1 saturated heterocycles. The lowest BCUT2D eigenvalue weighted by atomic mass is 9.90. The molecule has 3 aromatic carbocycles. The van der Waals surface area contributed by atoms with Gasteiger partial charge in [0.25, 0.3) is 5.91 Å². The molecule has 258 valence electrons. The van der Waals surface area contributed by atoms with Gasteiger partial charge in [-0.3, -0.25) is 9.63 Å². The van der Waals surface area contributed by atoms with Crippen molar-refractivity contribution in [3.63, 3.8) is 0 Å². The van der Waals surface area contributed by atoms with Crippen LogP contribution in [0.25, 0.3) is 5.76 Å². The molecule has 1 fully saturated rings. The number of benzene rings is 3. The number of carbonyl (C=O) groups excluding carboxylic acids is 1. The molecule has 5 rings (SSSR count). The number of methoxy groups -OCH3 is 5. The van der Waals surface area contributed by atoms with Crippen LogP contribution in [0, 0.1) is 0 Å². The third kappa shape index (κ3) is 8.00. The number of carbonyl (C=O) groups is 1. The molecule has 1 amide bonds. The van der Waals surface area contributed by atoms with Crippen molar-refractivity contribution in [2.75, 3.05) is 55.2 Å². The third-order valence-corrected chi connectivity index (χ3v) is 9.11. The first-order chi connectivity index (χ1) is 23.3. The van der Waals surface area contributed by atoms with E-state index < -0.39 is 6.10 Å². The fourth-order valence-electron chi connectivity index (χ4n) is 6.01. The van der Waals surface area contributed by atoms with Gasteiger partial charge in [0.1, 0.15) is 29.1 Å². The molecule has 1 unspecified atom stereocenters. The normalized spacial score (nSPS) is 16.5. The lowest BCUT2D eigenvalue weighted by Crippen LogP contribution is -2.44. The van der Waals surface area contributed by atoms with Gasteiger partial charge in [-0.05, 0) is 68.5 Å². The Balaban J connectivity index is 1.24. The fraction of sp³-hybridized carbons (Fsp3) is 0.417. The van der Waals surface area contributed by atoms with Gasteiger partial charge in [-0.1, -0.05) is 15.9 Å². The molecule has 0 aromatic heterocycles. The first-order valence-corrected chi connectivity index (χ1v) is 16.7. The van der Waals surface area contributed by atoms with Crippen LogP contribution < -0.4 is 33.7 Å². The van der Waals surface area contributed by atoms with Crippen LogP contribution in [-0.4, -0.2) is 77.4 Å². The number of ether oxygens (including phenoxy) is 6. The van der Waals surface area contributed by atoms with Crippen LogP contribution in [0.2, 0.25) is 0 Å². The van der Waals surface area contributed by atoms with Crippen LogP contribution >= 0.6 is 15.9 Å². The van der Waals surface area contributed by atoms with E-state index in [2.05, 4.69) is 21.2 Å². The maximum absolute atomic E-state index is 12.6. The summed E-state index contributed by atoms with van der Waals surface area (Å²) in [4.78, 5) is 18.7. The molecule has 0 spiro atoms. The van der Waals surface area contributed by atoms with Crippen molar-refractivity contribution < 1.29 is 43.2 Å². The van der Waals surface area contributed by atoms with Gasteiger partial charge in [0.15, 0.2) is 11.5 Å². The van der Waals surface area contributed by atoms with E-state index in [0.29, 0.717) is 75.5 Å². The van der Waals surface area contributed by atoms with Gasteiger partial charge in [-0.25, -0.2) is 0 Å². The van der Waals surface area contributed by atoms with E-state index in [1.165, 1.54) is 0 Å². The zero-order valence-electron chi connectivity index (χ0n) is 28.0. The number of piperidine rings is 1. The number of hydrogen-bond donors (Lipinski definition) is 2. The SMILES string of the molecule is COc1cc(OC)c2c(c1)OC(c1cc(OC)c(OC)c(OC)c1)=C(CCCCON1CCC(NC(=O)c3ccc(Br)cc3)CC1)C2O. The van der Waals surface area contributed by atoms with Crippen LogP contribution in [0.15, 0.2) is 58.6 Å². The highest BCUT2D eigenvalue weighted by Crippen LogP contribution is 2.50. The minimum absolute atomic E-state index is 0.0599. The summed E-state index contributed by atoms with van der Waals surface area (Å²) in [5.74, 6) is 3.28. The smallest absolute Gasteiger partial charge is 0.251 e. The highest BCUT2D eigenvalue weighted by molar-refractivity contribution is 9.10. The number of halogens is 1. The van der Waals surface area contributed by atoms with Crippen molar-refractivity contribution in [3.8, 4) is 34.5 Å². The van der Waals surface area contributed by atoms with Crippen LogP contribution in [-0.2, 0) is 4.84 Å². The third-order valence-electron chi connectivity index (χ3n) is 8.58. The van der Waals surface area contributed by atoms with Crippen molar-refractivity contribution in [1.29, 1.82) is 0 Å². The summed E-state index contributed by atoms with van der Waals surface area (Å²) in [7, 11) is 7.78. The fourth-order valence-corrected chi connectivity index (χ4v) is 6.27. The highest BCUT2D eigenvalue weighted by atomic mass is 79.9. The number of hydrogen-bond acceptors (Lipinski definition) is 10. The minimum atomic E-state index is -0.990. The molecule has 11 nitrogen and oxygen atoms in total. The summed E-state index contributed by atoms with van der Waals surface area (Å²) in [5.41, 5.74) is 2.55. The van der Waals surface area contributed by atoms with Gasteiger partial charge in [0.2, 0.25) is 5.75 Å². The average molecular weight is 728 g/mol. The summed E-state index contributed by atoms with van der Waals surface area (Å²) in [6, 6.07) is 14.5. The Morgan fingerprint density at radius 3 is 2.17 bits per heavy atom. The van der Waals surface area contributed by atoms with E-state index in [9.17, 15) is 9.90 Å². The first kappa shape index (κ1) is 35.3. The predicted molar refractivity (Wildman–Crippen MR) is 184 cm³/mol. The van der Waals surface area contributed by atoms with Crippen LogP contribution in [0.5, 0.6) is 34.5 Å². The van der Waals surface area contributed by atoms with Crippen LogP contribution in [0.1, 0.15) is 59.7 Å². The molecule has 1 atom stereocenters. The van der Waals surface area contributed by atoms with Crippen molar-refractivity contribution in [3.05, 3.63) is 75.3 Å². The zero-order chi connectivity index (χ0) is 34.2. The maximum atomic E-state index is 12.6. The number of aliphatic hydroxyl groups is 1. The average Bonchev–Trinajstić information content (AvgIpc) is 3.11. The predicted octanol–water partition coefficient (Wildman–Crippen LogP) is 6.33. The summed E-state index contributed by atoms with van der Waals surface area (Å²) in [6.45, 7) is 1.99. The second-order valence-electron chi connectivity index (χ2n) is 11.5. The van der Waals surface area contributed by atoms with Crippen LogP contribution in [0.3, 0.4) is 0 Å². The first-order valence-electron chi connectivity index (χ1n) is 15.9. The van der Waals surface area contributed by atoms with Gasteiger partial charge in [0.05, 0.1) is 47.7 Å². The monoisotopic (exact) mass is 726 g/mol. The van der Waals surface area contributed by atoms with Gasteiger partial charge >= 0.3 is 0 Å². The number of hydroxylamine groups is 2. The number of nitrogens with zero attached hydrogens (tertiary/aromatic N) is 1. The second-order valence-corrected chi connectivity index (χ2v) is 12.4. The van der Waals surface area contributed by atoms with E-state index in [-0.39, 0.29) is 11.9 Å². The van der Waals surface area contributed by atoms with E-state index in [0.717, 1.165) is 43.2 Å². The van der Waals surface area contributed by atoms with Gasteiger partial charge in [0, 0.05) is 52.4 Å². The largest absolute Gasteiger partial charge is 0.496 e. The Morgan fingerprint density at radius 2 is 1.56 bits per heavy atom. The van der Waals surface area contributed by atoms with E-state index in [1.54, 1.807) is 59.8 Å². The van der Waals surface area contributed by atoms with Crippen molar-refractivity contribution in [2.45, 2.75) is 44.2 Å². The molecule has 2 heterocycles. The number of nitrogens with one attached hydrogen (secondary N) is 1. The summed E-state index contributed by atoms with van der Waals surface area (Å²) in [5, 5.41) is 16.9. The Hall–Kier alpha value is -3.97. The Kier molecular flexibility index (Phi) is 12.1. The number of fused-ring (bicyclic) bond motifs is 1. The number of rotatable bonds is 14. The lowest BCUT2D eigenvalue weighted by molar-refractivity contribution is -0.171. The quantitative estimate of drug-likeness (QED) is 0.183. The van der Waals surface area contributed by atoms with Gasteiger partial charge in [-0.2, -0.15) is 5.06 Å².